The van der Waals surface area contributed by atoms with Crippen LogP contribution in [0.3, 0.4) is 0 Å². The summed E-state index contributed by atoms with van der Waals surface area (Å²) in [6, 6.07) is 29.3. The Morgan fingerprint density at radius 3 is 1.89 bits per heavy atom. The number of hydrogen-bond acceptors (Lipinski definition) is 6. The molecule has 6 rings (SSSR count). The van der Waals surface area contributed by atoms with Gasteiger partial charge < -0.3 is 14.2 Å². The van der Waals surface area contributed by atoms with Gasteiger partial charge in [0.2, 0.25) is 0 Å². The number of hydrogen-bond donors (Lipinski definition) is 0. The molecule has 2 bridgehead atoms. The van der Waals surface area contributed by atoms with E-state index in [-0.39, 0.29) is 30.9 Å². The fraction of sp³-hybridized carbons (Fsp3) is 0.375. The Morgan fingerprint density at radius 2 is 1.37 bits per heavy atom. The zero-order chi connectivity index (χ0) is 26.3. The molecule has 196 valence electrons. The Kier molecular flexibility index (Phi) is 6.54. The number of likely N-dealkylation sites (N-methyl/N-ethyl adjacent to an activating group) is 1. The molecular weight excluding hydrogens is 478 g/mol. The summed E-state index contributed by atoms with van der Waals surface area (Å²) in [7, 11) is 2.13. The second kappa shape index (κ2) is 10.0. The van der Waals surface area contributed by atoms with Gasteiger partial charge in [0.1, 0.15) is 36.3 Å². The van der Waals surface area contributed by atoms with Crippen LogP contribution in [-0.4, -0.2) is 60.9 Å². The molecule has 3 aromatic rings. The highest BCUT2D eigenvalue weighted by molar-refractivity contribution is 5.87. The van der Waals surface area contributed by atoms with E-state index in [1.54, 1.807) is 0 Å². The highest BCUT2D eigenvalue weighted by Gasteiger charge is 2.63. The summed E-state index contributed by atoms with van der Waals surface area (Å²) in [5, 5.41) is 0. The van der Waals surface area contributed by atoms with Crippen molar-refractivity contribution in [3.8, 4) is 0 Å². The van der Waals surface area contributed by atoms with Gasteiger partial charge in [-0.2, -0.15) is 0 Å². The second-order valence-corrected chi connectivity index (χ2v) is 10.8. The minimum absolute atomic E-state index is 0.0925. The highest BCUT2D eigenvalue weighted by atomic mass is 16.6. The average Bonchev–Trinajstić information content (AvgIpc) is 3.72. The summed E-state index contributed by atoms with van der Waals surface area (Å²) < 4.78 is 17.8. The molecule has 3 heterocycles. The highest BCUT2D eigenvalue weighted by Crippen LogP contribution is 2.48. The fourth-order valence-corrected chi connectivity index (χ4v) is 6.28. The predicted octanol–water partition coefficient (Wildman–Crippen LogP) is 4.48. The molecule has 0 N–H and O–H groups in total. The largest absolute Gasteiger partial charge is 0.463 e. The minimum atomic E-state index is -1.03. The number of rotatable bonds is 8. The van der Waals surface area contributed by atoms with Gasteiger partial charge in [-0.1, -0.05) is 91.0 Å². The Balaban J connectivity index is 1.21. The number of carbonyl (C=O) groups excluding carboxylic acids is 2. The minimum Gasteiger partial charge on any atom is -0.463 e. The molecule has 0 saturated carbocycles. The van der Waals surface area contributed by atoms with Crippen molar-refractivity contribution in [3.63, 3.8) is 0 Å². The van der Waals surface area contributed by atoms with E-state index in [0.29, 0.717) is 12.1 Å². The number of epoxide rings is 1. The lowest BCUT2D eigenvalue weighted by atomic mass is 9.76. The third kappa shape index (κ3) is 4.42. The molecule has 3 aromatic carbocycles. The van der Waals surface area contributed by atoms with Crippen LogP contribution in [0.5, 0.6) is 0 Å². The maximum Gasteiger partial charge on any atom is 0.320 e. The number of esters is 2. The molecule has 3 aliphatic rings. The van der Waals surface area contributed by atoms with Crippen LogP contribution in [0.1, 0.15) is 42.4 Å². The molecule has 0 amide bonds. The predicted molar refractivity (Wildman–Crippen MR) is 143 cm³/mol. The first-order valence-corrected chi connectivity index (χ1v) is 13.4. The summed E-state index contributed by atoms with van der Waals surface area (Å²) in [6.07, 6.45) is 1.91. The molecule has 6 atom stereocenters. The molecule has 0 aliphatic carbocycles. The summed E-state index contributed by atoms with van der Waals surface area (Å²) in [5.74, 6) is -1.47. The molecule has 0 spiro atoms. The van der Waals surface area contributed by atoms with Crippen molar-refractivity contribution in [1.29, 1.82) is 0 Å². The lowest BCUT2D eigenvalue weighted by molar-refractivity contribution is -0.160. The van der Waals surface area contributed by atoms with Crippen molar-refractivity contribution < 1.29 is 23.8 Å². The molecule has 0 aromatic heterocycles. The Morgan fingerprint density at radius 1 is 0.868 bits per heavy atom. The van der Waals surface area contributed by atoms with Crippen LogP contribution >= 0.6 is 0 Å². The quantitative estimate of drug-likeness (QED) is 0.328. The van der Waals surface area contributed by atoms with E-state index in [2.05, 4.69) is 11.9 Å². The van der Waals surface area contributed by atoms with Gasteiger partial charge >= 0.3 is 11.9 Å². The van der Waals surface area contributed by atoms with Crippen molar-refractivity contribution in [3.05, 3.63) is 108 Å². The topological polar surface area (TPSA) is 68.4 Å². The summed E-state index contributed by atoms with van der Waals surface area (Å²) in [6.45, 7) is 1.78. The van der Waals surface area contributed by atoms with E-state index in [1.807, 2.05) is 97.9 Å². The SMILES string of the molecule is CN1C2CC(OC(=O)C(COC(=O)C(C)(c3ccccc3)c3ccccc3)c3ccccc3)CC1[C@@H]1O[C@H]21. The van der Waals surface area contributed by atoms with Crippen molar-refractivity contribution in [2.45, 2.75) is 61.5 Å². The number of ether oxygens (including phenoxy) is 3. The average molecular weight is 512 g/mol. The van der Waals surface area contributed by atoms with E-state index in [4.69, 9.17) is 14.2 Å². The Bertz CT molecular complexity index is 1220. The van der Waals surface area contributed by atoms with Crippen molar-refractivity contribution in [2.75, 3.05) is 13.7 Å². The standard InChI is InChI=1S/C32H33NO5/c1-32(22-14-8-4-9-15-22,23-16-10-5-11-17-23)31(35)36-20-25(21-12-6-3-7-13-21)30(34)37-24-18-26-28-29(38-28)27(19-24)33(26)2/h3-17,24-29H,18-20H2,1-2H3/t24?,25?,26?,27?,28-,29+. The van der Waals surface area contributed by atoms with Gasteiger partial charge in [-0.3, -0.25) is 14.5 Å². The van der Waals surface area contributed by atoms with Crippen LogP contribution in [0.2, 0.25) is 0 Å². The molecular formula is C32H33NO5. The van der Waals surface area contributed by atoms with Crippen LogP contribution in [0.15, 0.2) is 91.0 Å². The van der Waals surface area contributed by atoms with E-state index in [9.17, 15) is 9.59 Å². The first-order valence-electron chi connectivity index (χ1n) is 13.4. The number of nitrogens with zero attached hydrogens (tertiary/aromatic N) is 1. The normalized spacial score (nSPS) is 26.7. The number of piperidine rings is 1. The van der Waals surface area contributed by atoms with Crippen LogP contribution < -0.4 is 0 Å². The van der Waals surface area contributed by atoms with Crippen LogP contribution in [-0.2, 0) is 29.2 Å². The molecule has 4 unspecified atom stereocenters. The first kappa shape index (κ1) is 24.8. The number of carbonyl (C=O) groups is 2. The van der Waals surface area contributed by atoms with Gasteiger partial charge in [-0.05, 0) is 30.7 Å². The van der Waals surface area contributed by atoms with E-state index in [1.165, 1.54) is 0 Å². The third-order valence-corrected chi connectivity index (χ3v) is 8.64. The smallest absolute Gasteiger partial charge is 0.320 e. The van der Waals surface area contributed by atoms with E-state index in [0.717, 1.165) is 29.5 Å². The Hall–Kier alpha value is -3.48. The first-order chi connectivity index (χ1) is 18.5. The fourth-order valence-electron chi connectivity index (χ4n) is 6.28. The molecule has 38 heavy (non-hydrogen) atoms. The van der Waals surface area contributed by atoms with E-state index >= 15 is 0 Å². The van der Waals surface area contributed by atoms with Gasteiger partial charge in [-0.15, -0.1) is 0 Å². The van der Waals surface area contributed by atoms with Gasteiger partial charge in [0, 0.05) is 24.9 Å². The molecule has 6 heteroatoms. The number of morpholine rings is 1. The lowest BCUT2D eigenvalue weighted by Crippen LogP contribution is -2.48. The monoisotopic (exact) mass is 511 g/mol. The zero-order valence-electron chi connectivity index (χ0n) is 21.7. The molecule has 3 aliphatic heterocycles. The number of fused-ring (bicyclic) bond motifs is 5. The lowest BCUT2D eigenvalue weighted by Gasteiger charge is -2.38. The second-order valence-electron chi connectivity index (χ2n) is 10.8. The van der Waals surface area contributed by atoms with Crippen molar-refractivity contribution in [1.82, 2.24) is 4.90 Å². The third-order valence-electron chi connectivity index (χ3n) is 8.64. The van der Waals surface area contributed by atoms with Gasteiger partial charge in [-0.25, -0.2) is 0 Å². The van der Waals surface area contributed by atoms with Gasteiger partial charge in [0.25, 0.3) is 0 Å². The summed E-state index contributed by atoms with van der Waals surface area (Å²) >= 11 is 0. The van der Waals surface area contributed by atoms with Gasteiger partial charge in [0.05, 0.1) is 0 Å². The molecule has 6 nitrogen and oxygen atoms in total. The molecule has 0 radical (unpaired) electrons. The van der Waals surface area contributed by atoms with Crippen LogP contribution in [0.25, 0.3) is 0 Å². The number of benzene rings is 3. The zero-order valence-corrected chi connectivity index (χ0v) is 21.7. The molecule has 3 fully saturated rings. The maximum atomic E-state index is 13.8. The van der Waals surface area contributed by atoms with Crippen molar-refractivity contribution in [2.24, 2.45) is 0 Å². The Labute approximate surface area is 223 Å². The van der Waals surface area contributed by atoms with Crippen molar-refractivity contribution >= 4 is 11.9 Å². The summed E-state index contributed by atoms with van der Waals surface area (Å²) in [4.78, 5) is 29.7. The van der Waals surface area contributed by atoms with E-state index < -0.39 is 17.3 Å². The van der Waals surface area contributed by atoms with Gasteiger partial charge in [0.15, 0.2) is 0 Å². The van der Waals surface area contributed by atoms with Crippen LogP contribution in [0, 0.1) is 0 Å². The maximum absolute atomic E-state index is 13.8. The molecule has 3 saturated heterocycles. The van der Waals surface area contributed by atoms with Crippen LogP contribution in [0.4, 0.5) is 0 Å². The summed E-state index contributed by atoms with van der Waals surface area (Å²) in [5.41, 5.74) is 1.41.